The van der Waals surface area contributed by atoms with E-state index >= 15 is 0 Å². The molecule has 68 heavy (non-hydrogen) atoms. The molecule has 0 bridgehead atoms. The molecule has 0 spiro atoms. The van der Waals surface area contributed by atoms with E-state index in [4.69, 9.17) is 28.4 Å². The van der Waals surface area contributed by atoms with Gasteiger partial charge in [0.05, 0.1) is 47.7 Å². The molecule has 4 fully saturated rings. The van der Waals surface area contributed by atoms with Gasteiger partial charge >= 0.3 is 16.2 Å². The van der Waals surface area contributed by atoms with Crippen LogP contribution in [-0.4, -0.2) is 179 Å². The largest absolute Gasteiger partial charge is 0.459 e. The standard InChI is InChI=1S/C49H86N4O14S/c1-14-38-48(11,58)42(55)34(7)50-27-30(3)25-46(9,57)43(67-45-40(54)37(24-31(4)63-45)52(12)68(60,61)51-36-20-18-19-29(2)23-36)32(5)41(33(6)44(56)65-38)66-39-26-47(10,62-13)49(59,35(8)64-39)28-53-21-16-15-17-22-53/h18-20,23,30-35,37-43,45,50-51,54-55,57-59H,14-17,21-22,24-28H2,1-13H3/t30?,31-,32?,33?,34?,35-,37+,38?,39-,40-,41?,42?,43?,45+,46?,47+,48?,49-/m0/s1. The van der Waals surface area contributed by atoms with Crippen LogP contribution in [0.5, 0.6) is 0 Å². The number of anilines is 1. The third-order valence-electron chi connectivity index (χ3n) is 15.6. The van der Waals surface area contributed by atoms with Gasteiger partial charge in [-0.05, 0) is 131 Å². The zero-order chi connectivity index (χ0) is 50.7. The molecule has 19 heteroatoms. The van der Waals surface area contributed by atoms with Gasteiger partial charge in [0.1, 0.15) is 35.1 Å². The van der Waals surface area contributed by atoms with E-state index in [2.05, 4.69) is 14.9 Å². The summed E-state index contributed by atoms with van der Waals surface area (Å²) in [7, 11) is -1.30. The summed E-state index contributed by atoms with van der Waals surface area (Å²) in [6.07, 6.45) is -6.88. The van der Waals surface area contributed by atoms with Gasteiger partial charge in [0, 0.05) is 39.1 Å². The van der Waals surface area contributed by atoms with Crippen molar-refractivity contribution in [3.63, 3.8) is 0 Å². The van der Waals surface area contributed by atoms with Crippen LogP contribution < -0.4 is 10.0 Å². The first kappa shape index (κ1) is 56.8. The second kappa shape index (κ2) is 22.8. The summed E-state index contributed by atoms with van der Waals surface area (Å²) in [5.41, 5.74) is -5.05. The normalized spacial score (nSPS) is 43.3. The number of hydrogen-bond acceptors (Lipinski definition) is 16. The highest BCUT2D eigenvalue weighted by Crippen LogP contribution is 2.44. The number of aliphatic hydroxyl groups is 5. The summed E-state index contributed by atoms with van der Waals surface area (Å²) in [4.78, 5) is 16.8. The van der Waals surface area contributed by atoms with Gasteiger partial charge in [0.2, 0.25) is 0 Å². The van der Waals surface area contributed by atoms with Gasteiger partial charge < -0.3 is 64.2 Å². The van der Waals surface area contributed by atoms with Crippen LogP contribution in [0.1, 0.15) is 120 Å². The van der Waals surface area contributed by atoms with E-state index in [0.717, 1.165) is 42.2 Å². The Balaban J connectivity index is 1.55. The molecule has 7 N–H and O–H groups in total. The monoisotopic (exact) mass is 987 g/mol. The molecule has 10 unspecified atom stereocenters. The zero-order valence-corrected chi connectivity index (χ0v) is 43.7. The maximum atomic E-state index is 14.6. The number of carbonyl (C=O) groups is 1. The molecule has 1 aromatic rings. The van der Waals surface area contributed by atoms with Crippen molar-refractivity contribution >= 4 is 21.9 Å². The third kappa shape index (κ3) is 12.7. The molecule has 0 radical (unpaired) electrons. The minimum Gasteiger partial charge on any atom is -0.459 e. The molecule has 18 atom stereocenters. The third-order valence-corrected chi connectivity index (χ3v) is 17.1. The van der Waals surface area contributed by atoms with E-state index in [1.807, 2.05) is 26.8 Å². The predicted molar refractivity (Wildman–Crippen MR) is 257 cm³/mol. The second-order valence-electron chi connectivity index (χ2n) is 21.4. The lowest BCUT2D eigenvalue weighted by Gasteiger charge is -2.55. The minimum absolute atomic E-state index is 0.0468. The Morgan fingerprint density at radius 2 is 1.63 bits per heavy atom. The van der Waals surface area contributed by atoms with Gasteiger partial charge in [-0.3, -0.25) is 9.52 Å². The molecule has 18 nitrogen and oxygen atoms in total. The molecule has 1 aromatic carbocycles. The Kier molecular flexibility index (Phi) is 19.0. The van der Waals surface area contributed by atoms with E-state index in [0.29, 0.717) is 18.8 Å². The number of aliphatic hydroxyl groups excluding tert-OH is 2. The first-order valence-corrected chi connectivity index (χ1v) is 26.2. The first-order chi connectivity index (χ1) is 31.6. The Morgan fingerprint density at radius 1 is 0.971 bits per heavy atom. The highest BCUT2D eigenvalue weighted by molar-refractivity contribution is 7.90. The average molecular weight is 987 g/mol. The number of esters is 1. The number of aryl methyl sites for hydroxylation is 1. The smallest absolute Gasteiger partial charge is 0.311 e. The molecule has 4 saturated heterocycles. The van der Waals surface area contributed by atoms with Crippen molar-refractivity contribution in [2.45, 2.75) is 211 Å². The van der Waals surface area contributed by atoms with Crippen LogP contribution in [0.4, 0.5) is 5.69 Å². The Hall–Kier alpha value is -2.08. The molecule has 4 heterocycles. The van der Waals surface area contributed by atoms with Gasteiger partial charge in [0.25, 0.3) is 0 Å². The van der Waals surface area contributed by atoms with E-state index < -0.39 is 118 Å². The Bertz CT molecular complexity index is 1910. The van der Waals surface area contributed by atoms with Gasteiger partial charge in [-0.2, -0.15) is 12.7 Å². The predicted octanol–water partition coefficient (Wildman–Crippen LogP) is 3.45. The zero-order valence-electron chi connectivity index (χ0n) is 42.9. The quantitative estimate of drug-likeness (QED) is 0.149. The highest BCUT2D eigenvalue weighted by Gasteiger charge is 2.59. The summed E-state index contributed by atoms with van der Waals surface area (Å²) in [5, 5.41) is 64.0. The van der Waals surface area contributed by atoms with Crippen LogP contribution in [0.15, 0.2) is 24.3 Å². The van der Waals surface area contributed by atoms with Gasteiger partial charge in [0.15, 0.2) is 12.6 Å². The maximum absolute atomic E-state index is 14.6. The molecule has 392 valence electrons. The molecular weight excluding hydrogens is 901 g/mol. The fourth-order valence-corrected chi connectivity index (χ4v) is 12.3. The number of cyclic esters (lactones) is 1. The second-order valence-corrected chi connectivity index (χ2v) is 23.1. The number of ether oxygens (including phenoxy) is 6. The van der Waals surface area contributed by atoms with Crippen LogP contribution >= 0.6 is 0 Å². The molecule has 5 rings (SSSR count). The number of likely N-dealkylation sites (tertiary alicyclic amines) is 1. The minimum atomic E-state index is -4.21. The summed E-state index contributed by atoms with van der Waals surface area (Å²) in [6.45, 7) is 21.2. The first-order valence-electron chi connectivity index (χ1n) is 24.8. The lowest BCUT2D eigenvalue weighted by Crippen LogP contribution is -2.70. The Morgan fingerprint density at radius 3 is 2.25 bits per heavy atom. The van der Waals surface area contributed by atoms with E-state index in [1.54, 1.807) is 66.7 Å². The number of carbonyl (C=O) groups excluding carboxylic acids is 1. The number of nitrogens with one attached hydrogen (secondary N) is 2. The molecule has 4 aliphatic rings. The lowest BCUT2D eigenvalue weighted by molar-refractivity contribution is -0.339. The van der Waals surface area contributed by atoms with Crippen LogP contribution in [0.3, 0.4) is 0 Å². The summed E-state index contributed by atoms with van der Waals surface area (Å²) >= 11 is 0. The number of methoxy groups -OCH3 is 1. The topological polar surface area (TPSA) is 238 Å². The summed E-state index contributed by atoms with van der Waals surface area (Å²) in [6, 6.07) is 5.22. The fraction of sp³-hybridized carbons (Fsp3) is 0.857. The van der Waals surface area contributed by atoms with Gasteiger partial charge in [-0.15, -0.1) is 0 Å². The van der Waals surface area contributed by atoms with Crippen LogP contribution in [-0.2, 0) is 43.4 Å². The number of benzene rings is 1. The molecule has 0 saturated carbocycles. The SMILES string of the molecule is CCC1OC(=O)C(C)C(O[C@H]2C[C@@](C)(OC)[C@](O)(CN3CCCCC3)[C@H](C)O2)C(C)C(O[C@H]2O[C@@H](C)C[C@@H](N(C)S(=O)(=O)Nc3cccc(C)c3)[C@@H]2O)C(C)(O)CC(C)CNC(C)C(O)C1(C)O. The van der Waals surface area contributed by atoms with Crippen molar-refractivity contribution in [3.05, 3.63) is 29.8 Å². The van der Waals surface area contributed by atoms with E-state index in [-0.39, 0.29) is 31.6 Å². The molecule has 4 aliphatic heterocycles. The highest BCUT2D eigenvalue weighted by atomic mass is 32.2. The number of nitrogens with zero attached hydrogens (tertiary/aromatic N) is 2. The number of hydrogen-bond donors (Lipinski definition) is 7. The lowest BCUT2D eigenvalue weighted by atomic mass is 9.74. The summed E-state index contributed by atoms with van der Waals surface area (Å²) in [5.74, 6) is -3.11. The van der Waals surface area contributed by atoms with Crippen LogP contribution in [0.2, 0.25) is 0 Å². The van der Waals surface area contributed by atoms with E-state index in [1.165, 1.54) is 21.1 Å². The molecule has 0 amide bonds. The molecule has 0 aliphatic carbocycles. The Labute approximate surface area is 405 Å². The number of rotatable bonds is 12. The number of piperidine rings is 1. The van der Waals surface area contributed by atoms with Gasteiger partial charge in [-0.1, -0.05) is 39.3 Å². The summed E-state index contributed by atoms with van der Waals surface area (Å²) < 4.78 is 70.2. The van der Waals surface area contributed by atoms with Crippen molar-refractivity contribution in [3.8, 4) is 0 Å². The van der Waals surface area contributed by atoms with Crippen LogP contribution in [0.25, 0.3) is 0 Å². The molecule has 0 aromatic heterocycles. The van der Waals surface area contributed by atoms with Gasteiger partial charge in [-0.25, -0.2) is 0 Å². The van der Waals surface area contributed by atoms with Crippen molar-refractivity contribution in [2.75, 3.05) is 45.1 Å². The number of likely N-dealkylation sites (N-methyl/N-ethyl adjacent to an activating group) is 1. The van der Waals surface area contributed by atoms with Crippen molar-refractivity contribution in [1.82, 2.24) is 14.5 Å². The maximum Gasteiger partial charge on any atom is 0.311 e. The number of β-amino-alcohol motifs (C(OH)–C–C–N with tert-alkyl or cyclic N) is 1. The van der Waals surface area contributed by atoms with Crippen LogP contribution in [0, 0.1) is 24.7 Å². The fourth-order valence-electron chi connectivity index (χ4n) is 11.1. The molecular formula is C49H86N4O14S. The van der Waals surface area contributed by atoms with Crippen molar-refractivity contribution in [2.24, 2.45) is 17.8 Å². The van der Waals surface area contributed by atoms with Crippen molar-refractivity contribution in [1.29, 1.82) is 0 Å². The van der Waals surface area contributed by atoms with Crippen molar-refractivity contribution < 1.29 is 67.2 Å². The average Bonchev–Trinajstić information content (AvgIpc) is 3.27. The van der Waals surface area contributed by atoms with E-state index in [9.17, 15) is 38.7 Å².